The minimum Gasteiger partial charge on any atom is -0.341 e. The maximum atomic E-state index is 10.8. The number of hydrogen-bond acceptors (Lipinski definition) is 3. The molecule has 1 aliphatic heterocycles. The van der Waals surface area contributed by atoms with Gasteiger partial charge in [-0.15, -0.1) is 0 Å². The monoisotopic (exact) mass is 366 g/mol. The molecule has 2 aromatic carbocycles. The zero-order valence-corrected chi connectivity index (χ0v) is 12.2. The number of para-hydroxylation sites is 1. The van der Waals surface area contributed by atoms with Crippen LogP contribution in [0.1, 0.15) is 5.56 Å². The summed E-state index contributed by atoms with van der Waals surface area (Å²) in [6.07, 6.45) is 1.02. The highest BCUT2D eigenvalue weighted by molar-refractivity contribution is 14.1. The van der Waals surface area contributed by atoms with Gasteiger partial charge in [0.2, 0.25) is 0 Å². The number of nitrogens with zero attached hydrogens (tertiary/aromatic N) is 2. The van der Waals surface area contributed by atoms with Crippen LogP contribution in [-0.4, -0.2) is 11.5 Å². The number of rotatable bonds is 2. The third kappa shape index (κ3) is 2.18. The summed E-state index contributed by atoms with van der Waals surface area (Å²) < 4.78 is 0.671. The molecule has 1 heterocycles. The maximum Gasteiger partial charge on any atom is 0.282 e. The minimum atomic E-state index is -0.344. The van der Waals surface area contributed by atoms with Crippen molar-refractivity contribution < 1.29 is 4.92 Å². The third-order valence-corrected chi connectivity index (χ3v) is 4.19. The molecule has 0 aliphatic carbocycles. The van der Waals surface area contributed by atoms with Crippen molar-refractivity contribution in [2.45, 2.75) is 6.42 Å². The van der Waals surface area contributed by atoms with Crippen LogP contribution in [0.2, 0.25) is 0 Å². The second-order valence-corrected chi connectivity index (χ2v) is 5.59. The summed E-state index contributed by atoms with van der Waals surface area (Å²) in [6.45, 7) is 0.924. The van der Waals surface area contributed by atoms with E-state index in [0.29, 0.717) is 3.57 Å². The lowest BCUT2D eigenvalue weighted by atomic mass is 10.2. The fraction of sp³-hybridized carbons (Fsp3) is 0.143. The number of halogens is 1. The van der Waals surface area contributed by atoms with Crippen molar-refractivity contribution in [2.75, 3.05) is 11.4 Å². The molecule has 4 nitrogen and oxygen atoms in total. The molecule has 0 fully saturated rings. The van der Waals surface area contributed by atoms with Gasteiger partial charge in [-0.1, -0.05) is 18.2 Å². The summed E-state index contributed by atoms with van der Waals surface area (Å²) in [6, 6.07) is 13.6. The van der Waals surface area contributed by atoms with E-state index in [4.69, 9.17) is 0 Å². The zero-order valence-electron chi connectivity index (χ0n) is 10.0. The van der Waals surface area contributed by atoms with Crippen molar-refractivity contribution in [1.82, 2.24) is 0 Å². The Morgan fingerprint density at radius 2 is 2.00 bits per heavy atom. The van der Waals surface area contributed by atoms with Gasteiger partial charge >= 0.3 is 0 Å². The Bertz CT molecular complexity index is 658. The van der Waals surface area contributed by atoms with E-state index in [1.807, 2.05) is 46.9 Å². The first-order chi connectivity index (χ1) is 9.16. The molecule has 5 heteroatoms. The minimum absolute atomic E-state index is 0.164. The predicted molar refractivity (Wildman–Crippen MR) is 83.0 cm³/mol. The standard InChI is InChI=1S/C14H11IN2O2/c15-12-9-11(5-6-14(12)17(18)19)16-8-7-10-3-1-2-4-13(10)16/h1-6,9H,7-8H2. The van der Waals surface area contributed by atoms with Crippen LogP contribution < -0.4 is 4.90 Å². The van der Waals surface area contributed by atoms with E-state index in [0.717, 1.165) is 18.7 Å². The molecule has 0 amide bonds. The molecule has 0 aromatic heterocycles. The van der Waals surface area contributed by atoms with Gasteiger partial charge in [-0.3, -0.25) is 10.1 Å². The quantitative estimate of drug-likeness (QED) is 0.460. The Morgan fingerprint density at radius 1 is 1.21 bits per heavy atom. The Kier molecular flexibility index (Phi) is 3.14. The average Bonchev–Trinajstić information content (AvgIpc) is 2.82. The van der Waals surface area contributed by atoms with E-state index in [1.165, 1.54) is 11.3 Å². The van der Waals surface area contributed by atoms with Gasteiger partial charge in [0.25, 0.3) is 5.69 Å². The number of fused-ring (bicyclic) bond motifs is 1. The number of benzene rings is 2. The topological polar surface area (TPSA) is 46.4 Å². The molecule has 96 valence electrons. The molecule has 1 aliphatic rings. The van der Waals surface area contributed by atoms with Crippen molar-refractivity contribution >= 4 is 39.7 Å². The number of anilines is 2. The maximum absolute atomic E-state index is 10.8. The van der Waals surface area contributed by atoms with Crippen molar-refractivity contribution in [3.63, 3.8) is 0 Å². The molecule has 0 unspecified atom stereocenters. The van der Waals surface area contributed by atoms with E-state index < -0.39 is 0 Å². The molecule has 2 aromatic rings. The fourth-order valence-corrected chi connectivity index (χ4v) is 3.11. The molecule has 19 heavy (non-hydrogen) atoms. The molecular formula is C14H11IN2O2. The molecule has 0 spiro atoms. The Morgan fingerprint density at radius 3 is 2.74 bits per heavy atom. The van der Waals surface area contributed by atoms with E-state index in [-0.39, 0.29) is 10.6 Å². The van der Waals surface area contributed by atoms with Crippen LogP contribution >= 0.6 is 22.6 Å². The van der Waals surface area contributed by atoms with Gasteiger partial charge in [0.05, 0.1) is 8.49 Å². The predicted octanol–water partition coefficient (Wildman–Crippen LogP) is 3.89. The molecular weight excluding hydrogens is 355 g/mol. The Labute approximate surface area is 124 Å². The second kappa shape index (κ2) is 4.80. The summed E-state index contributed by atoms with van der Waals surface area (Å²) in [5, 5.41) is 10.8. The lowest BCUT2D eigenvalue weighted by Crippen LogP contribution is -2.13. The summed E-state index contributed by atoms with van der Waals surface area (Å²) in [5.74, 6) is 0. The number of hydrogen-bond donors (Lipinski definition) is 0. The van der Waals surface area contributed by atoms with E-state index in [9.17, 15) is 10.1 Å². The van der Waals surface area contributed by atoms with Crippen molar-refractivity contribution in [1.29, 1.82) is 0 Å². The van der Waals surface area contributed by atoms with E-state index >= 15 is 0 Å². The summed E-state index contributed by atoms with van der Waals surface area (Å²) in [5.41, 5.74) is 3.71. The summed E-state index contributed by atoms with van der Waals surface area (Å²) in [4.78, 5) is 12.7. The molecule has 0 saturated carbocycles. The van der Waals surface area contributed by atoms with Crippen LogP contribution in [0.25, 0.3) is 0 Å². The largest absolute Gasteiger partial charge is 0.341 e. The molecule has 0 bridgehead atoms. The van der Waals surface area contributed by atoms with Crippen LogP contribution in [0.3, 0.4) is 0 Å². The molecule has 3 rings (SSSR count). The van der Waals surface area contributed by atoms with Crippen LogP contribution in [-0.2, 0) is 6.42 Å². The van der Waals surface area contributed by atoms with Gasteiger partial charge in [0, 0.05) is 24.0 Å². The van der Waals surface area contributed by atoms with Gasteiger partial charge in [-0.25, -0.2) is 0 Å². The van der Waals surface area contributed by atoms with Gasteiger partial charge < -0.3 is 4.90 Å². The lowest BCUT2D eigenvalue weighted by Gasteiger charge is -2.19. The van der Waals surface area contributed by atoms with E-state index in [1.54, 1.807) is 6.07 Å². The first-order valence-electron chi connectivity index (χ1n) is 5.96. The molecule has 0 saturated heterocycles. The number of nitro groups is 1. The van der Waals surface area contributed by atoms with Crippen LogP contribution in [0.15, 0.2) is 42.5 Å². The van der Waals surface area contributed by atoms with Gasteiger partial charge in [0.1, 0.15) is 0 Å². The fourth-order valence-electron chi connectivity index (χ4n) is 2.42. The molecule has 0 N–H and O–H groups in total. The number of nitro benzene ring substituents is 1. The van der Waals surface area contributed by atoms with E-state index in [2.05, 4.69) is 17.0 Å². The summed E-state index contributed by atoms with van der Waals surface area (Å²) in [7, 11) is 0. The van der Waals surface area contributed by atoms with Gasteiger partial charge in [-0.2, -0.15) is 0 Å². The van der Waals surface area contributed by atoms with Crippen molar-refractivity contribution in [3.8, 4) is 0 Å². The Balaban J connectivity index is 2.01. The first kappa shape index (κ1) is 12.4. The van der Waals surface area contributed by atoms with Gasteiger partial charge in [-0.05, 0) is 52.8 Å². The van der Waals surface area contributed by atoms with Crippen molar-refractivity contribution in [2.24, 2.45) is 0 Å². The highest BCUT2D eigenvalue weighted by Crippen LogP contribution is 2.36. The van der Waals surface area contributed by atoms with Gasteiger partial charge in [0.15, 0.2) is 0 Å². The van der Waals surface area contributed by atoms with Crippen LogP contribution in [0.5, 0.6) is 0 Å². The lowest BCUT2D eigenvalue weighted by molar-refractivity contribution is -0.385. The summed E-state index contributed by atoms with van der Waals surface area (Å²) >= 11 is 2.02. The highest BCUT2D eigenvalue weighted by atomic mass is 127. The zero-order chi connectivity index (χ0) is 13.4. The van der Waals surface area contributed by atoms with Crippen LogP contribution in [0.4, 0.5) is 17.1 Å². The Hall–Kier alpha value is -1.63. The SMILES string of the molecule is O=[N+]([O-])c1ccc(N2CCc3ccccc32)cc1I. The first-order valence-corrected chi connectivity index (χ1v) is 7.04. The average molecular weight is 366 g/mol. The molecule has 0 atom stereocenters. The van der Waals surface area contributed by atoms with Crippen LogP contribution in [0, 0.1) is 13.7 Å². The molecule has 0 radical (unpaired) electrons. The highest BCUT2D eigenvalue weighted by Gasteiger charge is 2.21. The second-order valence-electron chi connectivity index (χ2n) is 4.42. The third-order valence-electron chi connectivity index (χ3n) is 3.33. The normalized spacial score (nSPS) is 13.4. The van der Waals surface area contributed by atoms with Crippen molar-refractivity contribution in [3.05, 3.63) is 61.7 Å². The smallest absolute Gasteiger partial charge is 0.282 e.